The topological polar surface area (TPSA) is 79.4 Å². The molecule has 0 unspecified atom stereocenters. The van der Waals surface area contributed by atoms with Crippen molar-refractivity contribution in [3.63, 3.8) is 0 Å². The van der Waals surface area contributed by atoms with Crippen molar-refractivity contribution in [2.24, 2.45) is 0 Å². The smallest absolute Gasteiger partial charge is 0.239 e. The highest BCUT2D eigenvalue weighted by Gasteiger charge is 2.35. The standard InChI is InChI=1S/C21H33N3O5S/c1-17(21(25)22(2)18-8-15-30(26,27)16-18)24-11-9-23(10-12-24)13-14-29-20-6-4-19(28-3)5-7-20/h4-7,17-18H,8-16H2,1-3H3/t17-,18+/m0/s1. The van der Waals surface area contributed by atoms with Gasteiger partial charge in [0.05, 0.1) is 24.7 Å². The molecular weight excluding hydrogens is 406 g/mol. The van der Waals surface area contributed by atoms with Gasteiger partial charge in [0.25, 0.3) is 0 Å². The Hall–Kier alpha value is -1.84. The number of nitrogens with zero attached hydrogens (tertiary/aromatic N) is 3. The fraction of sp³-hybridized carbons (Fsp3) is 0.667. The molecule has 9 heteroatoms. The van der Waals surface area contributed by atoms with Gasteiger partial charge >= 0.3 is 0 Å². The van der Waals surface area contributed by atoms with Crippen LogP contribution in [0.4, 0.5) is 0 Å². The maximum atomic E-state index is 12.8. The van der Waals surface area contributed by atoms with Crippen molar-refractivity contribution >= 4 is 15.7 Å². The summed E-state index contributed by atoms with van der Waals surface area (Å²) in [4.78, 5) is 19.0. The summed E-state index contributed by atoms with van der Waals surface area (Å²) in [6.45, 7) is 6.75. The molecule has 2 aliphatic rings. The predicted octanol–water partition coefficient (Wildman–Crippen LogP) is 0.726. The molecule has 8 nitrogen and oxygen atoms in total. The van der Waals surface area contributed by atoms with Gasteiger partial charge in [0.1, 0.15) is 18.1 Å². The van der Waals surface area contributed by atoms with E-state index in [1.165, 1.54) is 0 Å². The molecule has 0 radical (unpaired) electrons. The van der Waals surface area contributed by atoms with Crippen molar-refractivity contribution in [3.05, 3.63) is 24.3 Å². The highest BCUT2D eigenvalue weighted by atomic mass is 32.2. The molecule has 2 saturated heterocycles. The van der Waals surface area contributed by atoms with Crippen LogP contribution in [0.25, 0.3) is 0 Å². The Kier molecular flexibility index (Phi) is 7.60. The second-order valence-corrected chi connectivity index (χ2v) is 10.3. The van der Waals surface area contributed by atoms with E-state index in [4.69, 9.17) is 9.47 Å². The van der Waals surface area contributed by atoms with Gasteiger partial charge in [-0.25, -0.2) is 8.42 Å². The molecule has 0 spiro atoms. The average Bonchev–Trinajstić information content (AvgIpc) is 3.13. The van der Waals surface area contributed by atoms with Crippen molar-refractivity contribution in [1.82, 2.24) is 14.7 Å². The first kappa shape index (κ1) is 22.8. The van der Waals surface area contributed by atoms with Crippen LogP contribution >= 0.6 is 0 Å². The second-order valence-electron chi connectivity index (χ2n) is 8.08. The highest BCUT2D eigenvalue weighted by molar-refractivity contribution is 7.91. The first-order chi connectivity index (χ1) is 14.3. The summed E-state index contributed by atoms with van der Waals surface area (Å²) in [6.07, 6.45) is 0.541. The molecule has 1 amide bonds. The van der Waals surface area contributed by atoms with E-state index >= 15 is 0 Å². The number of sulfone groups is 1. The van der Waals surface area contributed by atoms with Crippen LogP contribution in [0, 0.1) is 0 Å². The number of ether oxygens (including phenoxy) is 2. The van der Waals surface area contributed by atoms with Crippen molar-refractivity contribution in [2.75, 3.05) is 65.0 Å². The number of methoxy groups -OCH3 is 1. The number of likely N-dealkylation sites (N-methyl/N-ethyl adjacent to an activating group) is 1. The summed E-state index contributed by atoms with van der Waals surface area (Å²) in [6, 6.07) is 7.12. The first-order valence-corrected chi connectivity index (χ1v) is 12.3. The Bertz CT molecular complexity index is 806. The molecule has 2 aliphatic heterocycles. The first-order valence-electron chi connectivity index (χ1n) is 10.5. The maximum Gasteiger partial charge on any atom is 0.239 e. The van der Waals surface area contributed by atoms with Gasteiger partial charge in [-0.05, 0) is 37.6 Å². The largest absolute Gasteiger partial charge is 0.497 e. The minimum atomic E-state index is -3.00. The van der Waals surface area contributed by atoms with Crippen LogP contribution in [0.2, 0.25) is 0 Å². The zero-order valence-corrected chi connectivity index (χ0v) is 18.9. The zero-order valence-electron chi connectivity index (χ0n) is 18.1. The third-order valence-electron chi connectivity index (χ3n) is 6.15. The number of hydrogen-bond donors (Lipinski definition) is 0. The lowest BCUT2D eigenvalue weighted by molar-refractivity contribution is -0.137. The Morgan fingerprint density at radius 2 is 1.80 bits per heavy atom. The molecule has 3 rings (SSSR count). The van der Waals surface area contributed by atoms with Crippen LogP contribution in [0.15, 0.2) is 24.3 Å². The quantitative estimate of drug-likeness (QED) is 0.591. The fourth-order valence-electron chi connectivity index (χ4n) is 4.05. The van der Waals surface area contributed by atoms with Crippen LogP contribution in [0.3, 0.4) is 0 Å². The molecule has 2 heterocycles. The molecule has 2 atom stereocenters. The van der Waals surface area contributed by atoms with Crippen LogP contribution in [0.1, 0.15) is 13.3 Å². The molecule has 1 aromatic rings. The molecule has 168 valence electrons. The summed E-state index contributed by atoms with van der Waals surface area (Å²) >= 11 is 0. The summed E-state index contributed by atoms with van der Waals surface area (Å²) < 4.78 is 34.4. The normalized spacial score (nSPS) is 23.1. The number of benzene rings is 1. The van der Waals surface area contributed by atoms with Gasteiger partial charge in [-0.1, -0.05) is 0 Å². The fourth-order valence-corrected chi connectivity index (χ4v) is 5.82. The van der Waals surface area contributed by atoms with Crippen LogP contribution < -0.4 is 9.47 Å². The number of rotatable bonds is 8. The molecule has 2 fully saturated rings. The van der Waals surface area contributed by atoms with Gasteiger partial charge in [-0.15, -0.1) is 0 Å². The second kappa shape index (κ2) is 9.98. The van der Waals surface area contributed by atoms with Gasteiger partial charge in [-0.2, -0.15) is 0 Å². The van der Waals surface area contributed by atoms with Gasteiger partial charge in [0, 0.05) is 45.8 Å². The van der Waals surface area contributed by atoms with E-state index in [1.807, 2.05) is 31.2 Å². The summed E-state index contributed by atoms with van der Waals surface area (Å²) in [7, 11) is 0.377. The van der Waals surface area contributed by atoms with Crippen LogP contribution in [-0.2, 0) is 14.6 Å². The van der Waals surface area contributed by atoms with Gasteiger partial charge in [0.2, 0.25) is 5.91 Å². The number of amides is 1. The lowest BCUT2D eigenvalue weighted by Crippen LogP contribution is -2.55. The van der Waals surface area contributed by atoms with E-state index in [1.54, 1.807) is 19.1 Å². The van der Waals surface area contributed by atoms with E-state index in [-0.39, 0.29) is 29.5 Å². The number of hydrogen-bond acceptors (Lipinski definition) is 7. The van der Waals surface area contributed by atoms with E-state index in [2.05, 4.69) is 9.80 Å². The third kappa shape index (κ3) is 5.86. The van der Waals surface area contributed by atoms with Crippen LogP contribution in [-0.4, -0.2) is 106 Å². The lowest BCUT2D eigenvalue weighted by atomic mass is 10.1. The van der Waals surface area contributed by atoms with E-state index in [9.17, 15) is 13.2 Å². The van der Waals surface area contributed by atoms with Gasteiger partial charge in [-0.3, -0.25) is 14.6 Å². The van der Waals surface area contributed by atoms with E-state index in [0.717, 1.165) is 44.2 Å². The third-order valence-corrected chi connectivity index (χ3v) is 7.90. The Balaban J connectivity index is 1.39. The lowest BCUT2D eigenvalue weighted by Gasteiger charge is -2.39. The van der Waals surface area contributed by atoms with E-state index in [0.29, 0.717) is 13.0 Å². The Morgan fingerprint density at radius 1 is 1.17 bits per heavy atom. The van der Waals surface area contributed by atoms with Crippen LogP contribution in [0.5, 0.6) is 11.5 Å². The molecule has 0 saturated carbocycles. The number of carbonyl (C=O) groups is 1. The summed E-state index contributed by atoms with van der Waals surface area (Å²) in [5, 5.41) is 0. The van der Waals surface area contributed by atoms with E-state index < -0.39 is 9.84 Å². The Labute approximate surface area is 179 Å². The highest BCUT2D eigenvalue weighted by Crippen LogP contribution is 2.19. The summed E-state index contributed by atoms with van der Waals surface area (Å²) in [5.74, 6) is 1.91. The van der Waals surface area contributed by atoms with Crippen molar-refractivity contribution in [3.8, 4) is 11.5 Å². The monoisotopic (exact) mass is 439 g/mol. The van der Waals surface area contributed by atoms with Crippen molar-refractivity contribution in [1.29, 1.82) is 0 Å². The molecule has 30 heavy (non-hydrogen) atoms. The summed E-state index contributed by atoms with van der Waals surface area (Å²) in [5.41, 5.74) is 0. The molecule has 0 N–H and O–H groups in total. The number of carbonyl (C=O) groups excluding carboxylic acids is 1. The predicted molar refractivity (Wildman–Crippen MR) is 116 cm³/mol. The molecule has 0 aromatic heterocycles. The SMILES string of the molecule is COc1ccc(OCCN2CCN([C@@H](C)C(=O)N(C)[C@@H]3CCS(=O)(=O)C3)CC2)cc1. The Morgan fingerprint density at radius 3 is 2.37 bits per heavy atom. The minimum absolute atomic E-state index is 0.00777. The average molecular weight is 440 g/mol. The number of piperazine rings is 1. The van der Waals surface area contributed by atoms with Crippen molar-refractivity contribution < 1.29 is 22.7 Å². The molecular formula is C21H33N3O5S. The molecule has 0 bridgehead atoms. The zero-order chi connectivity index (χ0) is 21.7. The van der Waals surface area contributed by atoms with Gasteiger partial charge in [0.15, 0.2) is 9.84 Å². The molecule has 1 aromatic carbocycles. The minimum Gasteiger partial charge on any atom is -0.497 e. The van der Waals surface area contributed by atoms with Crippen molar-refractivity contribution in [2.45, 2.75) is 25.4 Å². The van der Waals surface area contributed by atoms with Gasteiger partial charge < -0.3 is 14.4 Å². The maximum absolute atomic E-state index is 12.8. The molecule has 0 aliphatic carbocycles.